The maximum Gasteiger partial charge on any atom is 0.387 e. The predicted octanol–water partition coefficient (Wildman–Crippen LogP) is 3.39. The van der Waals surface area contributed by atoms with E-state index in [2.05, 4.69) is 22.1 Å². The largest absolute Gasteiger partial charge is 0.434 e. The number of hydrogen-bond donors (Lipinski definition) is 2. The van der Waals surface area contributed by atoms with Gasteiger partial charge in [-0.05, 0) is 44.2 Å². The summed E-state index contributed by atoms with van der Waals surface area (Å²) in [6, 6.07) is 7.76. The van der Waals surface area contributed by atoms with Gasteiger partial charge in [-0.25, -0.2) is 4.98 Å². The zero-order valence-electron chi connectivity index (χ0n) is 23.1. The molecule has 0 saturated carbocycles. The van der Waals surface area contributed by atoms with Gasteiger partial charge in [0, 0.05) is 47.2 Å². The lowest BCUT2D eigenvalue weighted by Crippen LogP contribution is -2.42. The molecule has 192 valence electrons. The molecule has 10 heteroatoms. The highest BCUT2D eigenvalue weighted by atomic mass is 19.3. The Labute approximate surface area is 216 Å². The summed E-state index contributed by atoms with van der Waals surface area (Å²) in [5.74, 6) is 4.80. The Bertz CT molecular complexity index is 1570. The first-order chi connectivity index (χ1) is 18.8. The molecular weight excluding hydrogens is 482 g/mol. The van der Waals surface area contributed by atoms with Gasteiger partial charge in [0.15, 0.2) is 0 Å². The highest BCUT2D eigenvalue weighted by molar-refractivity contribution is 5.97. The summed E-state index contributed by atoms with van der Waals surface area (Å²) in [5, 5.41) is 12.3. The lowest BCUT2D eigenvalue weighted by Gasteiger charge is -2.24. The first-order valence-electron chi connectivity index (χ1n) is 13.2. The number of carbonyl (C=O) groups is 2. The summed E-state index contributed by atoms with van der Waals surface area (Å²) in [4.78, 5) is 30.7. The fourth-order valence-corrected chi connectivity index (χ4v) is 4.81. The van der Waals surface area contributed by atoms with E-state index in [0.717, 1.165) is 4.90 Å². The molecule has 3 heterocycles. The van der Waals surface area contributed by atoms with Crippen molar-refractivity contribution in [3.63, 3.8) is 0 Å². The molecule has 0 radical (unpaired) electrons. The van der Waals surface area contributed by atoms with Crippen molar-refractivity contribution in [3.8, 4) is 17.6 Å². The molecule has 0 spiro atoms. The summed E-state index contributed by atoms with van der Waals surface area (Å²) in [6.45, 7) is -2.93. The molecule has 2 aliphatic heterocycles. The van der Waals surface area contributed by atoms with Gasteiger partial charge in [-0.2, -0.15) is 8.78 Å². The van der Waals surface area contributed by atoms with Crippen molar-refractivity contribution in [1.82, 2.24) is 19.8 Å². The van der Waals surface area contributed by atoms with E-state index in [1.165, 1.54) is 32.0 Å². The Hall–Kier alpha value is -3.97. The summed E-state index contributed by atoms with van der Waals surface area (Å²) >= 11 is 0. The van der Waals surface area contributed by atoms with E-state index in [1.54, 1.807) is 22.8 Å². The molecule has 2 aliphatic rings. The van der Waals surface area contributed by atoms with Crippen LogP contribution in [0.15, 0.2) is 36.4 Å². The van der Waals surface area contributed by atoms with Gasteiger partial charge in [0.25, 0.3) is 11.8 Å². The zero-order chi connectivity index (χ0) is 29.0. The van der Waals surface area contributed by atoms with Gasteiger partial charge in [-0.3, -0.25) is 9.59 Å². The van der Waals surface area contributed by atoms with Gasteiger partial charge < -0.3 is 24.6 Å². The third kappa shape index (κ3) is 4.40. The van der Waals surface area contributed by atoms with E-state index in [0.29, 0.717) is 28.8 Å². The van der Waals surface area contributed by atoms with Crippen LogP contribution in [0.5, 0.6) is 5.75 Å². The predicted molar refractivity (Wildman–Crippen MR) is 131 cm³/mol. The average Bonchev–Trinajstić information content (AvgIpc) is 3.35. The number of ether oxygens (including phenoxy) is 1. The molecule has 2 aromatic carbocycles. The van der Waals surface area contributed by atoms with Crippen LogP contribution in [-0.4, -0.2) is 57.1 Å². The zero-order valence-corrected chi connectivity index (χ0v) is 20.1. The van der Waals surface area contributed by atoms with Crippen LogP contribution in [0.25, 0.3) is 11.0 Å². The van der Waals surface area contributed by atoms with Crippen LogP contribution in [0.1, 0.15) is 70.2 Å². The van der Waals surface area contributed by atoms with Crippen LogP contribution in [0.2, 0.25) is 0 Å². The molecule has 8 nitrogen and oxygen atoms in total. The van der Waals surface area contributed by atoms with Gasteiger partial charge in [-0.1, -0.05) is 17.9 Å². The maximum atomic E-state index is 13.5. The highest BCUT2D eigenvalue weighted by Gasteiger charge is 2.45. The number of benzene rings is 2. The number of hydrogen-bond acceptors (Lipinski definition) is 5. The second-order valence-corrected chi connectivity index (χ2v) is 9.45. The number of rotatable bonds is 5. The molecule has 0 aliphatic carbocycles. The van der Waals surface area contributed by atoms with E-state index < -0.39 is 43.1 Å². The third-order valence-corrected chi connectivity index (χ3v) is 6.47. The van der Waals surface area contributed by atoms with E-state index in [9.17, 15) is 23.5 Å². The molecule has 2 N–H and O–H groups in total. The lowest BCUT2D eigenvalue weighted by molar-refractivity contribution is -0.136. The minimum absolute atomic E-state index is 0.0154. The number of aliphatic hydroxyl groups is 1. The van der Waals surface area contributed by atoms with Gasteiger partial charge >= 0.3 is 6.61 Å². The topological polar surface area (TPSA) is 96.7 Å². The maximum absolute atomic E-state index is 13.5. The van der Waals surface area contributed by atoms with Crippen LogP contribution in [0, 0.1) is 11.8 Å². The molecule has 2 bridgehead atoms. The molecule has 2 amide bonds. The van der Waals surface area contributed by atoms with Gasteiger partial charge in [0.2, 0.25) is 0 Å². The molecule has 1 aromatic heterocycles. The molecule has 37 heavy (non-hydrogen) atoms. The standard InChI is InChI=1S/C27H26F2N4O4/c1-27(2,36)25(35)30-12-5-4-7-15-10-11-17-18(13-15)33-19-14-20(23(33)31-17)32(3)24(34)16-8-6-9-21(22(16)19)37-26(28)29/h6,8-11,13,19-20,26,36H,5,12,14H2,1-3H3,(H,30,35)/t19-,20-/m1/s1/i3D3. The number of aromatic nitrogens is 2. The van der Waals surface area contributed by atoms with Crippen molar-refractivity contribution in [2.75, 3.05) is 13.5 Å². The van der Waals surface area contributed by atoms with Crippen molar-refractivity contribution in [2.24, 2.45) is 0 Å². The van der Waals surface area contributed by atoms with E-state index in [4.69, 9.17) is 8.85 Å². The minimum atomic E-state index is -3.14. The van der Waals surface area contributed by atoms with E-state index >= 15 is 0 Å². The van der Waals surface area contributed by atoms with E-state index in [-0.39, 0.29) is 29.8 Å². The lowest BCUT2D eigenvalue weighted by atomic mass is 9.97. The van der Waals surface area contributed by atoms with Crippen molar-refractivity contribution >= 4 is 22.8 Å². The average molecular weight is 512 g/mol. The second kappa shape index (κ2) is 9.16. The number of amides is 2. The smallest absolute Gasteiger partial charge is 0.387 e. The number of carbonyl (C=O) groups excluding carboxylic acids is 2. The van der Waals surface area contributed by atoms with Crippen molar-refractivity contribution in [3.05, 3.63) is 58.9 Å². The fourth-order valence-electron chi connectivity index (χ4n) is 4.81. The molecule has 5 rings (SSSR count). The molecule has 0 fully saturated rings. The summed E-state index contributed by atoms with van der Waals surface area (Å²) < 4.78 is 57.5. The Kier molecular flexibility index (Phi) is 5.23. The Balaban J connectivity index is 1.56. The third-order valence-electron chi connectivity index (χ3n) is 6.47. The number of nitrogens with one attached hydrogen (secondary N) is 1. The quantitative estimate of drug-likeness (QED) is 0.405. The Morgan fingerprint density at radius 3 is 2.89 bits per heavy atom. The normalized spacial score (nSPS) is 19.8. The Morgan fingerprint density at radius 1 is 1.35 bits per heavy atom. The van der Waals surface area contributed by atoms with Crippen molar-refractivity contribution < 1.29 is 32.3 Å². The van der Waals surface area contributed by atoms with E-state index in [1.807, 2.05) is 0 Å². The van der Waals surface area contributed by atoms with Crippen molar-refractivity contribution in [2.45, 2.75) is 51.0 Å². The fraction of sp³-hybridized carbons (Fsp3) is 0.370. The van der Waals surface area contributed by atoms with Gasteiger partial charge in [-0.15, -0.1) is 0 Å². The first-order valence-corrected chi connectivity index (χ1v) is 11.7. The number of nitrogens with zero attached hydrogens (tertiary/aromatic N) is 3. The first kappa shape index (κ1) is 21.1. The summed E-state index contributed by atoms with van der Waals surface area (Å²) in [7, 11) is 0. The molecule has 2 atom stereocenters. The highest BCUT2D eigenvalue weighted by Crippen LogP contribution is 2.49. The SMILES string of the molecule is [2H]C([2H])([2H])N1C(=O)c2cccc(OC(F)F)c2[C@H]2C[C@@H]1c1nc3ccc(C#CCCNC(=O)C(C)(C)O)cc3n12. The molecular formula is C27H26F2N4O4. The Morgan fingerprint density at radius 2 is 2.16 bits per heavy atom. The minimum Gasteiger partial charge on any atom is -0.434 e. The number of halogens is 2. The molecule has 0 saturated heterocycles. The monoisotopic (exact) mass is 511 g/mol. The summed E-state index contributed by atoms with van der Waals surface area (Å²) in [6.07, 6.45) is 0.447. The van der Waals surface area contributed by atoms with Crippen LogP contribution in [0.4, 0.5) is 8.78 Å². The number of alkyl halides is 2. The van der Waals surface area contributed by atoms with Crippen LogP contribution < -0.4 is 10.1 Å². The van der Waals surface area contributed by atoms with Crippen LogP contribution in [-0.2, 0) is 4.79 Å². The molecule has 0 unspecified atom stereocenters. The number of fused-ring (bicyclic) bond motifs is 9. The number of imidazole rings is 1. The van der Waals surface area contributed by atoms with Crippen molar-refractivity contribution in [1.29, 1.82) is 0 Å². The van der Waals surface area contributed by atoms with Gasteiger partial charge in [0.1, 0.15) is 17.2 Å². The second-order valence-electron chi connectivity index (χ2n) is 9.45. The van der Waals surface area contributed by atoms with Crippen LogP contribution in [0.3, 0.4) is 0 Å². The summed E-state index contributed by atoms with van der Waals surface area (Å²) in [5.41, 5.74) is 0.420. The van der Waals surface area contributed by atoms with Gasteiger partial charge in [0.05, 0.1) is 23.1 Å². The van der Waals surface area contributed by atoms with Crippen LogP contribution >= 0.6 is 0 Å². The molecule has 3 aromatic rings.